The molecule has 0 unspecified atom stereocenters. The Morgan fingerprint density at radius 2 is 1.60 bits per heavy atom. The SMILES string of the molecule is Cc1cc(NC(C#N)=C(C#N)C#N)ccc1NC(=O)c1ccccc1. The molecule has 2 aromatic carbocycles. The normalized spacial score (nSPS) is 9.04. The fourth-order valence-electron chi connectivity index (χ4n) is 2.09. The maximum absolute atomic E-state index is 12.2. The third-order valence-corrected chi connectivity index (χ3v) is 3.37. The van der Waals surface area contributed by atoms with Crippen LogP contribution in [0.5, 0.6) is 0 Å². The van der Waals surface area contributed by atoms with Crippen LogP contribution in [0.4, 0.5) is 11.4 Å². The molecule has 0 saturated heterocycles. The molecule has 0 aliphatic carbocycles. The van der Waals surface area contributed by atoms with Gasteiger partial charge in [0.2, 0.25) is 0 Å². The van der Waals surface area contributed by atoms with Crippen molar-refractivity contribution in [1.29, 1.82) is 15.8 Å². The smallest absolute Gasteiger partial charge is 0.255 e. The van der Waals surface area contributed by atoms with Gasteiger partial charge in [-0.05, 0) is 42.8 Å². The first-order valence-corrected chi connectivity index (χ1v) is 7.27. The Bertz CT molecular complexity index is 940. The Labute approximate surface area is 145 Å². The minimum atomic E-state index is -0.290. The zero-order valence-electron chi connectivity index (χ0n) is 13.4. The molecule has 0 fully saturated rings. The van der Waals surface area contributed by atoms with E-state index in [2.05, 4.69) is 10.6 Å². The van der Waals surface area contributed by atoms with Crippen LogP contribution in [0, 0.1) is 40.9 Å². The number of carbonyl (C=O) groups is 1. The predicted octanol–water partition coefficient (Wildman–Crippen LogP) is 3.48. The Morgan fingerprint density at radius 1 is 0.920 bits per heavy atom. The number of nitrogens with one attached hydrogen (secondary N) is 2. The number of nitrogens with zero attached hydrogens (tertiary/aromatic N) is 3. The number of allylic oxidation sites excluding steroid dienone is 2. The van der Waals surface area contributed by atoms with E-state index in [-0.39, 0.29) is 17.2 Å². The van der Waals surface area contributed by atoms with Gasteiger partial charge in [0.1, 0.15) is 23.9 Å². The summed E-state index contributed by atoms with van der Waals surface area (Å²) in [6.45, 7) is 1.80. The molecule has 0 saturated carbocycles. The molecule has 0 heterocycles. The Morgan fingerprint density at radius 3 is 2.16 bits per heavy atom. The highest BCUT2D eigenvalue weighted by atomic mass is 16.1. The molecule has 6 nitrogen and oxygen atoms in total. The fourth-order valence-corrected chi connectivity index (χ4v) is 2.09. The first kappa shape index (κ1) is 17.3. The summed E-state index contributed by atoms with van der Waals surface area (Å²) in [6, 6.07) is 19.0. The Balaban J connectivity index is 2.21. The van der Waals surface area contributed by atoms with Crippen molar-refractivity contribution in [2.45, 2.75) is 6.92 Å². The van der Waals surface area contributed by atoms with Gasteiger partial charge in [-0.25, -0.2) is 0 Å². The highest BCUT2D eigenvalue weighted by Crippen LogP contribution is 2.22. The number of benzene rings is 2. The zero-order valence-corrected chi connectivity index (χ0v) is 13.4. The maximum atomic E-state index is 12.2. The van der Waals surface area contributed by atoms with Crippen LogP contribution in [0.15, 0.2) is 59.8 Å². The number of rotatable bonds is 4. The average molecular weight is 327 g/mol. The number of hydrogen-bond acceptors (Lipinski definition) is 5. The van der Waals surface area contributed by atoms with Crippen LogP contribution in [0.2, 0.25) is 0 Å². The standard InChI is InChI=1S/C19H13N5O/c1-13-9-16(23-18(12-22)15(10-20)11-21)7-8-17(13)24-19(25)14-5-3-2-4-6-14/h2-9,23H,1H3,(H,24,25). The maximum Gasteiger partial charge on any atom is 0.255 e. The molecule has 0 aromatic heterocycles. The third kappa shape index (κ3) is 4.22. The lowest BCUT2D eigenvalue weighted by atomic mass is 10.1. The minimum Gasteiger partial charge on any atom is -0.345 e. The van der Waals surface area contributed by atoms with E-state index in [1.807, 2.05) is 6.07 Å². The molecule has 0 radical (unpaired) electrons. The number of hydrogen-bond donors (Lipinski definition) is 2. The van der Waals surface area contributed by atoms with Gasteiger partial charge >= 0.3 is 0 Å². The molecule has 0 aliphatic heterocycles. The lowest BCUT2D eigenvalue weighted by Gasteiger charge is -2.11. The van der Waals surface area contributed by atoms with Crippen LogP contribution >= 0.6 is 0 Å². The molecular formula is C19H13N5O. The van der Waals surface area contributed by atoms with Gasteiger partial charge in [-0.2, -0.15) is 15.8 Å². The molecular weight excluding hydrogens is 314 g/mol. The summed E-state index contributed by atoms with van der Waals surface area (Å²) in [7, 11) is 0. The summed E-state index contributed by atoms with van der Waals surface area (Å²) < 4.78 is 0. The van der Waals surface area contributed by atoms with E-state index in [1.54, 1.807) is 67.6 Å². The molecule has 25 heavy (non-hydrogen) atoms. The quantitative estimate of drug-likeness (QED) is 0.835. The summed E-state index contributed by atoms with van der Waals surface area (Å²) in [5.41, 5.74) is 2.07. The minimum absolute atomic E-state index is 0.120. The van der Waals surface area contributed by atoms with Crippen molar-refractivity contribution in [1.82, 2.24) is 0 Å². The van der Waals surface area contributed by atoms with Gasteiger partial charge in [0.25, 0.3) is 5.91 Å². The van der Waals surface area contributed by atoms with E-state index in [4.69, 9.17) is 15.8 Å². The van der Waals surface area contributed by atoms with Crippen molar-refractivity contribution in [3.05, 3.63) is 70.9 Å². The molecule has 0 aliphatic rings. The van der Waals surface area contributed by atoms with Crippen molar-refractivity contribution in [3.8, 4) is 18.2 Å². The van der Waals surface area contributed by atoms with Crippen LogP contribution in [0.1, 0.15) is 15.9 Å². The average Bonchev–Trinajstić information content (AvgIpc) is 2.64. The van der Waals surface area contributed by atoms with Crippen LogP contribution in [-0.2, 0) is 0 Å². The van der Waals surface area contributed by atoms with Crippen LogP contribution in [-0.4, -0.2) is 5.91 Å². The first-order chi connectivity index (χ1) is 12.1. The van der Waals surface area contributed by atoms with Crippen LogP contribution in [0.3, 0.4) is 0 Å². The van der Waals surface area contributed by atoms with Crippen molar-refractivity contribution in [2.75, 3.05) is 10.6 Å². The molecule has 0 bridgehead atoms. The van der Waals surface area contributed by atoms with E-state index in [1.165, 1.54) is 0 Å². The van der Waals surface area contributed by atoms with Crippen molar-refractivity contribution >= 4 is 17.3 Å². The monoisotopic (exact) mass is 327 g/mol. The molecule has 6 heteroatoms. The second kappa shape index (κ2) is 7.97. The van der Waals surface area contributed by atoms with Gasteiger partial charge in [0.15, 0.2) is 5.57 Å². The Hall–Kier alpha value is -4.08. The summed E-state index contributed by atoms with van der Waals surface area (Å²) in [5, 5.41) is 32.3. The van der Waals surface area contributed by atoms with Gasteiger partial charge in [0, 0.05) is 16.9 Å². The zero-order chi connectivity index (χ0) is 18.2. The van der Waals surface area contributed by atoms with Crippen molar-refractivity contribution < 1.29 is 4.79 Å². The van der Waals surface area contributed by atoms with Gasteiger partial charge in [-0.1, -0.05) is 18.2 Å². The second-order valence-electron chi connectivity index (χ2n) is 5.06. The number of anilines is 2. The summed E-state index contributed by atoms with van der Waals surface area (Å²) in [6.07, 6.45) is 0. The van der Waals surface area contributed by atoms with E-state index < -0.39 is 0 Å². The summed E-state index contributed by atoms with van der Waals surface area (Å²) in [4.78, 5) is 12.2. The molecule has 120 valence electrons. The molecule has 0 spiro atoms. The first-order valence-electron chi connectivity index (χ1n) is 7.27. The van der Waals surface area contributed by atoms with Crippen molar-refractivity contribution in [3.63, 3.8) is 0 Å². The van der Waals surface area contributed by atoms with E-state index in [0.717, 1.165) is 5.56 Å². The molecule has 2 aromatic rings. The molecule has 1 amide bonds. The van der Waals surface area contributed by atoms with E-state index in [0.29, 0.717) is 16.9 Å². The van der Waals surface area contributed by atoms with Crippen LogP contribution < -0.4 is 10.6 Å². The van der Waals surface area contributed by atoms with Crippen molar-refractivity contribution in [2.24, 2.45) is 0 Å². The van der Waals surface area contributed by atoms with Gasteiger partial charge in [-0.3, -0.25) is 4.79 Å². The predicted molar refractivity (Wildman–Crippen MR) is 93.1 cm³/mol. The van der Waals surface area contributed by atoms with Gasteiger partial charge in [0.05, 0.1) is 0 Å². The second-order valence-corrected chi connectivity index (χ2v) is 5.06. The lowest BCUT2D eigenvalue weighted by Crippen LogP contribution is -2.12. The number of nitriles is 3. The summed E-state index contributed by atoms with van der Waals surface area (Å²) in [5.74, 6) is -0.224. The topological polar surface area (TPSA) is 112 Å². The Kier molecular flexibility index (Phi) is 5.50. The molecule has 2 N–H and O–H groups in total. The molecule has 2 rings (SSSR count). The number of amides is 1. The van der Waals surface area contributed by atoms with Crippen LogP contribution in [0.25, 0.3) is 0 Å². The number of aryl methyl sites for hydroxylation is 1. The lowest BCUT2D eigenvalue weighted by molar-refractivity contribution is 0.102. The summed E-state index contributed by atoms with van der Waals surface area (Å²) >= 11 is 0. The highest BCUT2D eigenvalue weighted by Gasteiger charge is 2.09. The number of carbonyl (C=O) groups excluding carboxylic acids is 1. The van der Waals surface area contributed by atoms with Gasteiger partial charge < -0.3 is 10.6 Å². The van der Waals surface area contributed by atoms with Gasteiger partial charge in [-0.15, -0.1) is 0 Å². The van der Waals surface area contributed by atoms with E-state index in [9.17, 15) is 4.79 Å². The third-order valence-electron chi connectivity index (χ3n) is 3.37. The highest BCUT2D eigenvalue weighted by molar-refractivity contribution is 6.04. The molecule has 0 atom stereocenters. The van der Waals surface area contributed by atoms with E-state index >= 15 is 0 Å². The largest absolute Gasteiger partial charge is 0.345 e. The fraction of sp³-hybridized carbons (Fsp3) is 0.0526.